The van der Waals surface area contributed by atoms with Crippen LogP contribution >= 0.6 is 30.1 Å². The lowest BCUT2D eigenvalue weighted by atomic mass is 10.2. The fraction of sp³-hybridized carbons (Fsp3) is 0.250. The highest BCUT2D eigenvalue weighted by Gasteiger charge is 2.49. The SMILES string of the molecule is [B][P+](CC[C@@H]1CCC[P+]1([B])c1ccccc1)(c1ccccc1)c1ccccc1.c1ccc(P(CC[C@@H]2CCC[P@@]2c2ccccc2)c2ccccc2)cc1. The molecular weight excluding hydrogens is 722 g/mol. The van der Waals surface area contributed by atoms with E-state index in [9.17, 15) is 0 Å². The first-order valence-corrected chi connectivity index (χ1v) is 27.0. The summed E-state index contributed by atoms with van der Waals surface area (Å²) in [6, 6.07) is 65.9. The molecule has 2 heterocycles. The molecule has 0 bridgehead atoms. The molecule has 6 heteroatoms. The van der Waals surface area contributed by atoms with Gasteiger partial charge in [-0.2, -0.15) is 0 Å². The van der Waals surface area contributed by atoms with Crippen LogP contribution in [-0.4, -0.2) is 51.1 Å². The molecule has 6 aromatic carbocycles. The second-order valence-corrected chi connectivity index (χ2v) is 26.5. The first kappa shape index (κ1) is 39.4. The van der Waals surface area contributed by atoms with Crippen molar-refractivity contribution in [3.8, 4) is 0 Å². The standard InChI is InChI=1S/C24H26B2P2.C24H26P2/c25-27(21-11-4-1-5-12-21)19-10-17-24(27)18-20-28(26,22-13-6-2-7-14-22)23-15-8-3-9-16-23;1-4-11-21(12-5-1)25-19-10-17-24(25)18-20-26(22-13-6-2-7-14-22)23-15-8-3-9-16-23/h1-9,11-16,24H,10,17-20H2;1-9,11-16,24H,10,17-20H2/q+2;/t24-,27?;24-,25-/m00/s1. The van der Waals surface area contributed by atoms with Gasteiger partial charge in [-0.15, -0.1) is 0 Å². The van der Waals surface area contributed by atoms with Gasteiger partial charge >= 0.3 is 15.1 Å². The van der Waals surface area contributed by atoms with E-state index in [1.54, 1.807) is 5.30 Å². The van der Waals surface area contributed by atoms with Gasteiger partial charge in [0.1, 0.15) is 0 Å². The van der Waals surface area contributed by atoms with E-state index in [2.05, 4.69) is 182 Å². The molecule has 0 N–H and O–H groups in total. The number of hydrogen-bond acceptors (Lipinski definition) is 0. The van der Waals surface area contributed by atoms with Gasteiger partial charge in [-0.05, 0) is 117 Å². The minimum atomic E-state index is -1.91. The van der Waals surface area contributed by atoms with Gasteiger partial charge in [0.2, 0.25) is 0 Å². The maximum absolute atomic E-state index is 7.23. The molecule has 2 saturated heterocycles. The molecule has 0 nitrogen and oxygen atoms in total. The quantitative estimate of drug-likeness (QED) is 0.0859. The second kappa shape index (κ2) is 19.4. The minimum Gasteiger partial charge on any atom is -0.0721 e. The van der Waals surface area contributed by atoms with Gasteiger partial charge in [0.15, 0.2) is 0 Å². The van der Waals surface area contributed by atoms with Gasteiger partial charge < -0.3 is 0 Å². The number of rotatable bonds is 12. The van der Waals surface area contributed by atoms with Gasteiger partial charge in [-0.3, -0.25) is 0 Å². The van der Waals surface area contributed by atoms with E-state index in [1.165, 1.54) is 77.1 Å². The van der Waals surface area contributed by atoms with Gasteiger partial charge in [0, 0.05) is 19.7 Å². The molecule has 2 aliphatic rings. The molecule has 6 aromatic rings. The van der Waals surface area contributed by atoms with Crippen LogP contribution in [-0.2, 0) is 0 Å². The normalized spacial score (nSPS) is 21.0. The lowest BCUT2D eigenvalue weighted by Gasteiger charge is -2.29. The van der Waals surface area contributed by atoms with Crippen molar-refractivity contribution in [1.82, 2.24) is 0 Å². The molecule has 4 radical (unpaired) electrons. The molecule has 0 amide bonds. The molecule has 268 valence electrons. The van der Waals surface area contributed by atoms with E-state index in [0.29, 0.717) is 5.66 Å². The Balaban J connectivity index is 0.000000167. The van der Waals surface area contributed by atoms with E-state index >= 15 is 0 Å². The van der Waals surface area contributed by atoms with Crippen LogP contribution in [0.1, 0.15) is 38.5 Å². The van der Waals surface area contributed by atoms with Crippen LogP contribution in [0.5, 0.6) is 0 Å². The van der Waals surface area contributed by atoms with Crippen LogP contribution in [0.3, 0.4) is 0 Å². The highest BCUT2D eigenvalue weighted by molar-refractivity contribution is 8.08. The largest absolute Gasteiger partial charge is 0.377 e. The highest BCUT2D eigenvalue weighted by Crippen LogP contribution is 2.66. The first-order chi connectivity index (χ1) is 26.5. The smallest absolute Gasteiger partial charge is 0.0721 e. The Morgan fingerprint density at radius 3 is 1.59 bits per heavy atom. The summed E-state index contributed by atoms with van der Waals surface area (Å²) in [5, 5.41) is 8.64. The Bertz CT molecular complexity index is 1890. The molecule has 2 fully saturated rings. The van der Waals surface area contributed by atoms with Crippen molar-refractivity contribution < 1.29 is 0 Å². The molecular formula is C48H52B2P4+2. The van der Waals surface area contributed by atoms with Gasteiger partial charge in [-0.1, -0.05) is 154 Å². The maximum Gasteiger partial charge on any atom is 0.377 e. The van der Waals surface area contributed by atoms with Crippen LogP contribution in [0.25, 0.3) is 0 Å². The highest BCUT2D eigenvalue weighted by atomic mass is 31.2. The average Bonchev–Trinajstić information content (AvgIpc) is 3.89. The van der Waals surface area contributed by atoms with E-state index in [0.717, 1.165) is 18.2 Å². The van der Waals surface area contributed by atoms with Crippen molar-refractivity contribution >= 4 is 77.1 Å². The Kier molecular flexibility index (Phi) is 14.1. The molecule has 0 aliphatic carbocycles. The van der Waals surface area contributed by atoms with Crippen LogP contribution in [0.4, 0.5) is 0 Å². The molecule has 0 spiro atoms. The van der Waals surface area contributed by atoms with E-state index < -0.39 is 14.3 Å². The predicted octanol–water partition coefficient (Wildman–Crippen LogP) is 10.2. The Morgan fingerprint density at radius 1 is 0.574 bits per heavy atom. The molecule has 0 aromatic heterocycles. The van der Waals surface area contributed by atoms with Gasteiger partial charge in [-0.25, -0.2) is 0 Å². The fourth-order valence-electron chi connectivity index (χ4n) is 8.57. The monoisotopic (exact) mass is 774 g/mol. The fourth-order valence-corrected chi connectivity index (χ4v) is 21.1. The Morgan fingerprint density at radius 2 is 1.06 bits per heavy atom. The molecule has 1 unspecified atom stereocenters. The average molecular weight is 774 g/mol. The summed E-state index contributed by atoms with van der Waals surface area (Å²) >= 11 is 0. The first-order valence-electron chi connectivity index (χ1n) is 19.7. The third-order valence-electron chi connectivity index (χ3n) is 11.5. The topological polar surface area (TPSA) is 0 Å². The van der Waals surface area contributed by atoms with Crippen LogP contribution in [0.2, 0.25) is 0 Å². The molecule has 4 atom stereocenters. The van der Waals surface area contributed by atoms with E-state index in [4.69, 9.17) is 15.1 Å². The summed E-state index contributed by atoms with van der Waals surface area (Å²) in [5.74, 6) is 0. The van der Waals surface area contributed by atoms with Crippen LogP contribution in [0.15, 0.2) is 182 Å². The third kappa shape index (κ3) is 9.57. The van der Waals surface area contributed by atoms with Gasteiger partial charge in [0.25, 0.3) is 0 Å². The molecule has 0 saturated carbocycles. The van der Waals surface area contributed by atoms with Crippen LogP contribution < -0.4 is 31.8 Å². The Labute approximate surface area is 331 Å². The van der Waals surface area contributed by atoms with Crippen molar-refractivity contribution in [2.24, 2.45) is 0 Å². The van der Waals surface area contributed by atoms with E-state index in [-0.39, 0.29) is 15.8 Å². The zero-order valence-corrected chi connectivity index (χ0v) is 35.1. The number of benzene rings is 6. The van der Waals surface area contributed by atoms with Crippen molar-refractivity contribution in [3.05, 3.63) is 182 Å². The summed E-state index contributed by atoms with van der Waals surface area (Å²) in [7, 11) is 10.6. The number of hydrogen-bond donors (Lipinski definition) is 0. The van der Waals surface area contributed by atoms with Crippen molar-refractivity contribution in [3.63, 3.8) is 0 Å². The van der Waals surface area contributed by atoms with Gasteiger partial charge in [0.05, 0.1) is 27.7 Å². The summed E-state index contributed by atoms with van der Waals surface area (Å²) in [6.07, 6.45) is 12.8. The zero-order chi connectivity index (χ0) is 37.1. The Hall–Kier alpha value is -2.83. The summed E-state index contributed by atoms with van der Waals surface area (Å²) in [5.41, 5.74) is 1.50. The summed E-state index contributed by atoms with van der Waals surface area (Å²) in [6.45, 7) is 0. The maximum atomic E-state index is 7.23. The lowest BCUT2D eigenvalue weighted by Crippen LogP contribution is -2.28. The third-order valence-corrected chi connectivity index (χ3v) is 24.7. The van der Waals surface area contributed by atoms with E-state index in [1.807, 2.05) is 0 Å². The second-order valence-electron chi connectivity index (χ2n) is 14.8. The lowest BCUT2D eigenvalue weighted by molar-refractivity contribution is 0.759. The summed E-state index contributed by atoms with van der Waals surface area (Å²) in [4.78, 5) is 0. The minimum absolute atomic E-state index is 0.0383. The zero-order valence-electron chi connectivity index (χ0n) is 31.5. The van der Waals surface area contributed by atoms with Crippen molar-refractivity contribution in [1.29, 1.82) is 0 Å². The molecule has 8 rings (SSSR count). The van der Waals surface area contributed by atoms with Crippen molar-refractivity contribution in [2.45, 2.75) is 49.8 Å². The van der Waals surface area contributed by atoms with Crippen molar-refractivity contribution in [2.75, 3.05) is 24.6 Å². The summed E-state index contributed by atoms with van der Waals surface area (Å²) < 4.78 is 0. The molecule has 54 heavy (non-hydrogen) atoms. The predicted molar refractivity (Wildman–Crippen MR) is 250 cm³/mol. The molecule has 2 aliphatic heterocycles. The van der Waals surface area contributed by atoms with Crippen LogP contribution in [0, 0.1) is 0 Å².